The molecule has 2 N–H and O–H groups in total. The van der Waals surface area contributed by atoms with Crippen LogP contribution in [0.1, 0.15) is 26.6 Å². The number of rotatable bonds is 2. The highest BCUT2D eigenvalue weighted by atomic mass is 32.1. The summed E-state index contributed by atoms with van der Waals surface area (Å²) in [5.74, 6) is 0.218. The Hall–Kier alpha value is -2.98. The van der Waals surface area contributed by atoms with Crippen molar-refractivity contribution in [3.8, 4) is 6.07 Å². The van der Waals surface area contributed by atoms with Crippen LogP contribution in [0, 0.1) is 25.2 Å². The van der Waals surface area contributed by atoms with Crippen molar-refractivity contribution in [1.29, 1.82) is 5.26 Å². The Labute approximate surface area is 135 Å². The van der Waals surface area contributed by atoms with E-state index >= 15 is 0 Å². The van der Waals surface area contributed by atoms with Crippen molar-refractivity contribution in [3.05, 3.63) is 56.4 Å². The second-order valence-corrected chi connectivity index (χ2v) is 6.03. The minimum Gasteiger partial charge on any atom is -0.321 e. The van der Waals surface area contributed by atoms with E-state index < -0.39 is 0 Å². The third-order valence-corrected chi connectivity index (χ3v) is 4.58. The van der Waals surface area contributed by atoms with E-state index in [1.807, 2.05) is 6.07 Å². The smallest absolute Gasteiger partial charge is 0.266 e. The number of carbonyl (C=O) groups excluding carboxylic acids is 1. The number of nitrogens with one attached hydrogen (secondary N) is 2. The van der Waals surface area contributed by atoms with Crippen molar-refractivity contribution in [3.63, 3.8) is 0 Å². The number of hydrogen-bond acceptors (Lipinski definition) is 5. The van der Waals surface area contributed by atoms with Gasteiger partial charge in [-0.05, 0) is 43.7 Å². The Bertz CT molecular complexity index is 1010. The number of anilines is 1. The lowest BCUT2D eigenvalue weighted by Crippen LogP contribution is -2.12. The van der Waals surface area contributed by atoms with Crippen LogP contribution in [0.15, 0.2) is 29.1 Å². The lowest BCUT2D eigenvalue weighted by atomic mass is 10.2. The number of thiophene rings is 1. The topological polar surface area (TPSA) is 98.6 Å². The van der Waals surface area contributed by atoms with E-state index in [2.05, 4.69) is 15.3 Å². The first-order chi connectivity index (χ1) is 11.0. The van der Waals surface area contributed by atoms with Crippen LogP contribution < -0.4 is 10.9 Å². The standard InChI is InChI=1S/C16H12N4O2S/c1-8-12-14(21)18-9(2)19-16(12)23-13(8)15(22)20-11-5-3-10(7-17)4-6-11/h3-6H,1-2H3,(H,20,22)(H,18,19,21). The maximum absolute atomic E-state index is 12.4. The van der Waals surface area contributed by atoms with E-state index in [1.165, 1.54) is 11.3 Å². The highest BCUT2D eigenvalue weighted by molar-refractivity contribution is 7.20. The SMILES string of the molecule is Cc1nc2sc(C(=O)Nc3ccc(C#N)cc3)c(C)c2c(=O)[nH]1. The molecule has 114 valence electrons. The Kier molecular flexibility index (Phi) is 3.68. The van der Waals surface area contributed by atoms with Gasteiger partial charge in [-0.15, -0.1) is 11.3 Å². The van der Waals surface area contributed by atoms with Crippen LogP contribution in [0.4, 0.5) is 5.69 Å². The van der Waals surface area contributed by atoms with E-state index in [1.54, 1.807) is 38.1 Å². The van der Waals surface area contributed by atoms with Crippen molar-refractivity contribution in [2.24, 2.45) is 0 Å². The molecule has 0 saturated heterocycles. The van der Waals surface area contributed by atoms with Crippen LogP contribution >= 0.6 is 11.3 Å². The third-order valence-electron chi connectivity index (χ3n) is 3.40. The average Bonchev–Trinajstić information content (AvgIpc) is 2.85. The Morgan fingerprint density at radius 2 is 2.00 bits per heavy atom. The molecule has 2 aromatic heterocycles. The number of aromatic nitrogens is 2. The lowest BCUT2D eigenvalue weighted by molar-refractivity contribution is 0.103. The molecule has 3 rings (SSSR count). The molecule has 0 atom stereocenters. The zero-order valence-electron chi connectivity index (χ0n) is 12.4. The Morgan fingerprint density at radius 1 is 1.30 bits per heavy atom. The van der Waals surface area contributed by atoms with E-state index in [9.17, 15) is 9.59 Å². The summed E-state index contributed by atoms with van der Waals surface area (Å²) in [6.45, 7) is 3.44. The van der Waals surface area contributed by atoms with Gasteiger partial charge in [0.2, 0.25) is 0 Å². The summed E-state index contributed by atoms with van der Waals surface area (Å²) in [7, 11) is 0. The molecule has 2 heterocycles. The summed E-state index contributed by atoms with van der Waals surface area (Å²) in [4.78, 5) is 32.4. The van der Waals surface area contributed by atoms with Crippen LogP contribution in [-0.2, 0) is 0 Å². The van der Waals surface area contributed by atoms with Crippen LogP contribution in [0.5, 0.6) is 0 Å². The van der Waals surface area contributed by atoms with Gasteiger partial charge in [-0.25, -0.2) is 4.98 Å². The van der Waals surface area contributed by atoms with Gasteiger partial charge < -0.3 is 10.3 Å². The fraction of sp³-hybridized carbons (Fsp3) is 0.125. The first-order valence-electron chi connectivity index (χ1n) is 6.81. The van der Waals surface area contributed by atoms with Crippen LogP contribution in [0.3, 0.4) is 0 Å². The number of aromatic amines is 1. The molecule has 3 aromatic rings. The fourth-order valence-electron chi connectivity index (χ4n) is 2.28. The number of amides is 1. The summed E-state index contributed by atoms with van der Waals surface area (Å²) in [5.41, 5.74) is 1.49. The summed E-state index contributed by atoms with van der Waals surface area (Å²) in [6.07, 6.45) is 0. The van der Waals surface area contributed by atoms with Crippen molar-refractivity contribution in [1.82, 2.24) is 9.97 Å². The zero-order chi connectivity index (χ0) is 16.6. The maximum atomic E-state index is 12.4. The number of hydrogen-bond donors (Lipinski definition) is 2. The van der Waals surface area contributed by atoms with Crippen LogP contribution in [-0.4, -0.2) is 15.9 Å². The number of aryl methyl sites for hydroxylation is 2. The van der Waals surface area contributed by atoms with E-state index in [0.717, 1.165) is 0 Å². The summed E-state index contributed by atoms with van der Waals surface area (Å²) >= 11 is 1.19. The number of benzene rings is 1. The van der Waals surface area contributed by atoms with Gasteiger partial charge in [-0.3, -0.25) is 9.59 Å². The van der Waals surface area contributed by atoms with Crippen molar-refractivity contribution in [2.75, 3.05) is 5.32 Å². The van der Waals surface area contributed by atoms with Gasteiger partial charge in [0.05, 0.1) is 21.9 Å². The van der Waals surface area contributed by atoms with Gasteiger partial charge in [0.1, 0.15) is 10.7 Å². The molecule has 0 spiro atoms. The second-order valence-electron chi connectivity index (χ2n) is 5.03. The number of nitrogens with zero attached hydrogens (tertiary/aromatic N) is 2. The van der Waals surface area contributed by atoms with Crippen molar-refractivity contribution < 1.29 is 4.79 Å². The third kappa shape index (κ3) is 2.72. The van der Waals surface area contributed by atoms with Gasteiger partial charge in [0.25, 0.3) is 11.5 Å². The molecule has 0 aliphatic heterocycles. The van der Waals surface area contributed by atoms with Gasteiger partial charge in [0.15, 0.2) is 0 Å². The number of fused-ring (bicyclic) bond motifs is 1. The molecule has 7 heteroatoms. The molecule has 0 aliphatic rings. The van der Waals surface area contributed by atoms with Gasteiger partial charge in [-0.1, -0.05) is 0 Å². The normalized spacial score (nSPS) is 10.5. The van der Waals surface area contributed by atoms with E-state index in [0.29, 0.717) is 37.7 Å². The minimum atomic E-state index is -0.299. The molecule has 1 aromatic carbocycles. The van der Waals surface area contributed by atoms with Gasteiger partial charge in [0, 0.05) is 5.69 Å². The molecular formula is C16H12N4O2S. The highest BCUT2D eigenvalue weighted by Gasteiger charge is 2.19. The molecule has 0 bridgehead atoms. The molecule has 0 radical (unpaired) electrons. The van der Waals surface area contributed by atoms with Gasteiger partial charge in [-0.2, -0.15) is 5.26 Å². The zero-order valence-corrected chi connectivity index (χ0v) is 13.2. The molecule has 0 aliphatic carbocycles. The molecule has 0 saturated carbocycles. The molecule has 0 unspecified atom stereocenters. The summed E-state index contributed by atoms with van der Waals surface area (Å²) in [5, 5.41) is 12.0. The lowest BCUT2D eigenvalue weighted by Gasteiger charge is -2.04. The predicted molar refractivity (Wildman–Crippen MR) is 88.8 cm³/mol. The van der Waals surface area contributed by atoms with Crippen LogP contribution in [0.25, 0.3) is 10.2 Å². The number of carbonyl (C=O) groups is 1. The largest absolute Gasteiger partial charge is 0.321 e. The predicted octanol–water partition coefficient (Wildman–Crippen LogP) is 2.73. The fourth-order valence-corrected chi connectivity index (χ4v) is 3.41. The van der Waals surface area contributed by atoms with Gasteiger partial charge >= 0.3 is 0 Å². The maximum Gasteiger partial charge on any atom is 0.266 e. The molecular weight excluding hydrogens is 312 g/mol. The molecule has 6 nitrogen and oxygen atoms in total. The quantitative estimate of drug-likeness (QED) is 0.757. The van der Waals surface area contributed by atoms with E-state index in [-0.39, 0.29) is 11.5 Å². The first kappa shape index (κ1) is 14.9. The Morgan fingerprint density at radius 3 is 2.65 bits per heavy atom. The molecule has 1 amide bonds. The minimum absolute atomic E-state index is 0.237. The number of nitriles is 1. The van der Waals surface area contributed by atoms with Crippen molar-refractivity contribution >= 4 is 33.1 Å². The second kappa shape index (κ2) is 5.66. The molecule has 23 heavy (non-hydrogen) atoms. The first-order valence-corrected chi connectivity index (χ1v) is 7.63. The molecule has 0 fully saturated rings. The van der Waals surface area contributed by atoms with E-state index in [4.69, 9.17) is 5.26 Å². The monoisotopic (exact) mass is 324 g/mol. The highest BCUT2D eigenvalue weighted by Crippen LogP contribution is 2.27. The summed E-state index contributed by atoms with van der Waals surface area (Å²) < 4.78 is 0. The summed E-state index contributed by atoms with van der Waals surface area (Å²) in [6, 6.07) is 8.60. The van der Waals surface area contributed by atoms with Crippen molar-refractivity contribution in [2.45, 2.75) is 13.8 Å². The Balaban J connectivity index is 1.97. The van der Waals surface area contributed by atoms with Crippen LogP contribution in [0.2, 0.25) is 0 Å². The average molecular weight is 324 g/mol. The number of H-pyrrole nitrogens is 1.